The van der Waals surface area contributed by atoms with E-state index in [1.54, 1.807) is 18.2 Å². The van der Waals surface area contributed by atoms with E-state index < -0.39 is 4.92 Å². The first-order valence-corrected chi connectivity index (χ1v) is 7.30. The van der Waals surface area contributed by atoms with E-state index in [1.165, 1.54) is 6.07 Å². The fourth-order valence-corrected chi connectivity index (χ4v) is 3.40. The molecule has 1 atom stereocenters. The van der Waals surface area contributed by atoms with Crippen molar-refractivity contribution in [2.45, 2.75) is 19.3 Å². The van der Waals surface area contributed by atoms with Gasteiger partial charge in [0.1, 0.15) is 0 Å². The summed E-state index contributed by atoms with van der Waals surface area (Å²) >= 11 is 0. The van der Waals surface area contributed by atoms with Gasteiger partial charge in [-0.2, -0.15) is 0 Å². The Hall–Kier alpha value is -1.66. The van der Waals surface area contributed by atoms with Crippen LogP contribution in [0.3, 0.4) is 0 Å². The van der Waals surface area contributed by atoms with Gasteiger partial charge in [-0.05, 0) is 19.4 Å². The lowest BCUT2D eigenvalue weighted by molar-refractivity contribution is -0.385. The molecule has 0 radical (unpaired) electrons. The summed E-state index contributed by atoms with van der Waals surface area (Å²) in [6.45, 7) is 3.54. The molecule has 1 amide bonds. The lowest BCUT2D eigenvalue weighted by Gasteiger charge is -2.22. The normalized spacial score (nSPS) is 23.5. The maximum Gasteiger partial charge on any atom is 0.273 e. The number of nitro groups is 1. The number of para-hydroxylation sites is 1. The predicted molar refractivity (Wildman–Crippen MR) is 85.2 cm³/mol. The number of hydrogen-bond donors (Lipinski definition) is 1. The van der Waals surface area contributed by atoms with E-state index in [-0.39, 0.29) is 35.8 Å². The van der Waals surface area contributed by atoms with Crippen LogP contribution in [0, 0.1) is 15.5 Å². The van der Waals surface area contributed by atoms with Crippen molar-refractivity contribution >= 4 is 24.0 Å². The number of amides is 1. The van der Waals surface area contributed by atoms with Gasteiger partial charge in [-0.1, -0.05) is 18.2 Å². The van der Waals surface area contributed by atoms with Crippen LogP contribution in [0.2, 0.25) is 0 Å². The summed E-state index contributed by atoms with van der Waals surface area (Å²) in [5, 5.41) is 14.4. The highest BCUT2D eigenvalue weighted by atomic mass is 35.5. The van der Waals surface area contributed by atoms with Gasteiger partial charge in [0.2, 0.25) is 5.91 Å². The third kappa shape index (κ3) is 3.23. The first kappa shape index (κ1) is 16.7. The van der Waals surface area contributed by atoms with Gasteiger partial charge in [-0.15, -0.1) is 12.4 Å². The van der Waals surface area contributed by atoms with Gasteiger partial charge < -0.3 is 10.2 Å². The second-order valence-corrected chi connectivity index (χ2v) is 6.05. The van der Waals surface area contributed by atoms with Crippen LogP contribution in [0.15, 0.2) is 24.3 Å². The largest absolute Gasteiger partial charge is 0.342 e. The maximum atomic E-state index is 12.4. The molecule has 0 saturated carbocycles. The molecule has 0 aliphatic carbocycles. The van der Waals surface area contributed by atoms with Crippen molar-refractivity contribution in [2.75, 3.05) is 26.2 Å². The number of nitrogens with one attached hydrogen (secondary N) is 1. The SMILES string of the molecule is Cl.O=C(Cc1ccccc1[N+](=O)[O-])N1CCC2(CCNC2)C1. The number of likely N-dealkylation sites (tertiary alicyclic amines) is 1. The van der Waals surface area contributed by atoms with Gasteiger partial charge in [0, 0.05) is 36.7 Å². The average Bonchev–Trinajstić information content (AvgIpc) is 3.10. The molecule has 1 aromatic carbocycles. The minimum atomic E-state index is -0.422. The van der Waals surface area contributed by atoms with Crippen LogP contribution < -0.4 is 5.32 Å². The van der Waals surface area contributed by atoms with Crippen molar-refractivity contribution in [1.29, 1.82) is 0 Å². The first-order chi connectivity index (χ1) is 10.1. The molecule has 7 heteroatoms. The molecule has 1 unspecified atom stereocenters. The molecule has 2 heterocycles. The number of rotatable bonds is 3. The molecule has 0 bridgehead atoms. The second-order valence-electron chi connectivity index (χ2n) is 6.05. The molecule has 6 nitrogen and oxygen atoms in total. The number of nitrogens with zero attached hydrogens (tertiary/aromatic N) is 2. The Bertz CT molecular complexity index is 573. The van der Waals surface area contributed by atoms with Crippen molar-refractivity contribution in [1.82, 2.24) is 10.2 Å². The zero-order valence-electron chi connectivity index (χ0n) is 12.3. The van der Waals surface area contributed by atoms with Crippen LogP contribution in [0.4, 0.5) is 5.69 Å². The Labute approximate surface area is 135 Å². The summed E-state index contributed by atoms with van der Waals surface area (Å²) in [6, 6.07) is 6.48. The van der Waals surface area contributed by atoms with Gasteiger partial charge in [0.15, 0.2) is 0 Å². The van der Waals surface area contributed by atoms with E-state index >= 15 is 0 Å². The summed E-state index contributed by atoms with van der Waals surface area (Å²) < 4.78 is 0. The smallest absolute Gasteiger partial charge is 0.273 e. The monoisotopic (exact) mass is 325 g/mol. The third-order valence-electron chi connectivity index (χ3n) is 4.65. The second kappa shape index (κ2) is 6.62. The molecular formula is C15H20ClN3O3. The highest BCUT2D eigenvalue weighted by molar-refractivity contribution is 5.85. The molecule has 0 aromatic heterocycles. The molecule has 2 fully saturated rings. The van der Waals surface area contributed by atoms with Crippen molar-refractivity contribution in [3.8, 4) is 0 Å². The van der Waals surface area contributed by atoms with Crippen molar-refractivity contribution in [3.63, 3.8) is 0 Å². The van der Waals surface area contributed by atoms with Gasteiger partial charge in [0.05, 0.1) is 11.3 Å². The topological polar surface area (TPSA) is 75.5 Å². The lowest BCUT2D eigenvalue weighted by atomic mass is 9.86. The van der Waals surface area contributed by atoms with Gasteiger partial charge in [0.25, 0.3) is 5.69 Å². The molecule has 2 aliphatic heterocycles. The predicted octanol–water partition coefficient (Wildman–Crippen LogP) is 1.77. The van der Waals surface area contributed by atoms with Crippen LogP contribution in [0.5, 0.6) is 0 Å². The van der Waals surface area contributed by atoms with Crippen molar-refractivity contribution in [2.24, 2.45) is 5.41 Å². The van der Waals surface area contributed by atoms with E-state index in [9.17, 15) is 14.9 Å². The summed E-state index contributed by atoms with van der Waals surface area (Å²) in [7, 11) is 0. The van der Waals surface area contributed by atoms with Crippen LogP contribution in [0.1, 0.15) is 18.4 Å². The standard InChI is InChI=1S/C15H19N3O3.ClH/c19-14(9-12-3-1-2-4-13(12)18(20)21)17-8-6-15(11-17)5-7-16-10-15;/h1-4,16H,5-11H2;1H. The van der Waals surface area contributed by atoms with Crippen LogP contribution in [-0.2, 0) is 11.2 Å². The number of carbonyl (C=O) groups is 1. The van der Waals surface area contributed by atoms with E-state index in [2.05, 4.69) is 5.32 Å². The summed E-state index contributed by atoms with van der Waals surface area (Å²) in [6.07, 6.45) is 2.26. The molecule has 2 aliphatic rings. The number of hydrogen-bond acceptors (Lipinski definition) is 4. The Morgan fingerprint density at radius 1 is 1.36 bits per heavy atom. The van der Waals surface area contributed by atoms with Crippen LogP contribution >= 0.6 is 12.4 Å². The molecular weight excluding hydrogens is 306 g/mol. The van der Waals surface area contributed by atoms with Crippen molar-refractivity contribution in [3.05, 3.63) is 39.9 Å². The van der Waals surface area contributed by atoms with E-state index in [0.29, 0.717) is 5.56 Å². The number of benzene rings is 1. The van der Waals surface area contributed by atoms with E-state index in [1.807, 2.05) is 4.90 Å². The Morgan fingerprint density at radius 2 is 2.14 bits per heavy atom. The molecule has 1 N–H and O–H groups in total. The quantitative estimate of drug-likeness (QED) is 0.679. The summed E-state index contributed by atoms with van der Waals surface area (Å²) in [5.74, 6) is -0.00641. The molecule has 1 spiro atoms. The van der Waals surface area contributed by atoms with Gasteiger partial charge >= 0.3 is 0 Å². The molecule has 3 rings (SSSR count). The first-order valence-electron chi connectivity index (χ1n) is 7.30. The van der Waals surface area contributed by atoms with E-state index in [4.69, 9.17) is 0 Å². The average molecular weight is 326 g/mol. The number of carbonyl (C=O) groups excluding carboxylic acids is 1. The Morgan fingerprint density at radius 3 is 2.82 bits per heavy atom. The summed E-state index contributed by atoms with van der Waals surface area (Å²) in [5.41, 5.74) is 0.762. The summed E-state index contributed by atoms with van der Waals surface area (Å²) in [4.78, 5) is 24.9. The minimum absolute atomic E-state index is 0. The highest BCUT2D eigenvalue weighted by Gasteiger charge is 2.41. The minimum Gasteiger partial charge on any atom is -0.342 e. The van der Waals surface area contributed by atoms with Crippen molar-refractivity contribution < 1.29 is 9.72 Å². The van der Waals surface area contributed by atoms with E-state index in [0.717, 1.165) is 39.0 Å². The highest BCUT2D eigenvalue weighted by Crippen LogP contribution is 2.36. The molecule has 120 valence electrons. The van der Waals surface area contributed by atoms with Crippen LogP contribution in [0.25, 0.3) is 0 Å². The number of halogens is 1. The lowest BCUT2D eigenvalue weighted by Crippen LogP contribution is -2.34. The van der Waals surface area contributed by atoms with Crippen LogP contribution in [-0.4, -0.2) is 41.9 Å². The molecule has 1 aromatic rings. The van der Waals surface area contributed by atoms with Gasteiger partial charge in [-0.25, -0.2) is 0 Å². The maximum absolute atomic E-state index is 12.4. The van der Waals surface area contributed by atoms with Gasteiger partial charge in [-0.3, -0.25) is 14.9 Å². The zero-order chi connectivity index (χ0) is 14.9. The third-order valence-corrected chi connectivity index (χ3v) is 4.65. The fourth-order valence-electron chi connectivity index (χ4n) is 3.40. The Kier molecular flexibility index (Phi) is 5.03. The molecule has 22 heavy (non-hydrogen) atoms. The Balaban J connectivity index is 0.00000176. The molecule has 2 saturated heterocycles. The fraction of sp³-hybridized carbons (Fsp3) is 0.533. The zero-order valence-corrected chi connectivity index (χ0v) is 13.1. The number of nitro benzene ring substituents is 1.